The second kappa shape index (κ2) is 5.48. The number of benzene rings is 1. The van der Waals surface area contributed by atoms with Gasteiger partial charge in [0.15, 0.2) is 0 Å². The lowest BCUT2D eigenvalue weighted by Crippen LogP contribution is -2.15. The zero-order chi connectivity index (χ0) is 13.0. The number of hydrogen-bond donors (Lipinski definition) is 2. The van der Waals surface area contributed by atoms with Crippen LogP contribution in [0.15, 0.2) is 18.2 Å². The van der Waals surface area contributed by atoms with E-state index in [1.165, 1.54) is 6.07 Å². The van der Waals surface area contributed by atoms with Crippen molar-refractivity contribution in [3.05, 3.63) is 29.3 Å². The Labute approximate surface area is 101 Å². The molecule has 2 N–H and O–H groups in total. The first-order chi connectivity index (χ1) is 7.91. The van der Waals surface area contributed by atoms with Crippen molar-refractivity contribution in [3.63, 3.8) is 0 Å². The maximum atomic E-state index is 11.6. The van der Waals surface area contributed by atoms with Gasteiger partial charge in [-0.3, -0.25) is 4.79 Å². The second-order valence-electron chi connectivity index (χ2n) is 4.43. The normalized spacial score (nSPS) is 10.4. The quantitative estimate of drug-likeness (QED) is 0.843. The van der Waals surface area contributed by atoms with Gasteiger partial charge >= 0.3 is 5.97 Å². The fraction of sp³-hybridized carbons (Fsp3) is 0.385. The molecule has 1 amide bonds. The number of anilines is 1. The molecule has 0 aliphatic heterocycles. The summed E-state index contributed by atoms with van der Waals surface area (Å²) in [6.45, 7) is 5.61. The van der Waals surface area contributed by atoms with Crippen LogP contribution < -0.4 is 5.32 Å². The van der Waals surface area contributed by atoms with Crippen molar-refractivity contribution in [1.82, 2.24) is 0 Å². The van der Waals surface area contributed by atoms with Crippen molar-refractivity contribution < 1.29 is 14.7 Å². The van der Waals surface area contributed by atoms with Gasteiger partial charge in [0.25, 0.3) is 0 Å². The van der Waals surface area contributed by atoms with E-state index in [0.717, 1.165) is 0 Å². The first-order valence-electron chi connectivity index (χ1n) is 5.54. The lowest BCUT2D eigenvalue weighted by Gasteiger charge is -2.11. The Morgan fingerprint density at radius 1 is 1.35 bits per heavy atom. The van der Waals surface area contributed by atoms with E-state index in [4.69, 9.17) is 5.11 Å². The average Bonchev–Trinajstić information content (AvgIpc) is 2.19. The standard InChI is InChI=1S/C13H17NO3/c1-8(2)7-12(15)14-11-6-4-5-10(9(11)3)13(16)17/h4-6,8H,7H2,1-3H3,(H,14,15)(H,16,17). The highest BCUT2D eigenvalue weighted by Crippen LogP contribution is 2.19. The smallest absolute Gasteiger partial charge is 0.336 e. The van der Waals surface area contributed by atoms with Crippen molar-refractivity contribution >= 4 is 17.6 Å². The van der Waals surface area contributed by atoms with E-state index in [-0.39, 0.29) is 17.4 Å². The molecule has 4 heteroatoms. The SMILES string of the molecule is Cc1c(NC(=O)CC(C)C)cccc1C(=O)O. The zero-order valence-electron chi connectivity index (χ0n) is 10.3. The first-order valence-corrected chi connectivity index (χ1v) is 5.54. The topological polar surface area (TPSA) is 66.4 Å². The van der Waals surface area contributed by atoms with E-state index in [1.807, 2.05) is 13.8 Å². The van der Waals surface area contributed by atoms with Crippen LogP contribution in [0.1, 0.15) is 36.2 Å². The largest absolute Gasteiger partial charge is 0.478 e. The molecule has 0 aliphatic rings. The third kappa shape index (κ3) is 3.59. The van der Waals surface area contributed by atoms with E-state index in [9.17, 15) is 9.59 Å². The summed E-state index contributed by atoms with van der Waals surface area (Å²) in [7, 11) is 0. The van der Waals surface area contributed by atoms with Crippen molar-refractivity contribution in [2.75, 3.05) is 5.32 Å². The summed E-state index contributed by atoms with van der Waals surface area (Å²) in [5.41, 5.74) is 1.36. The van der Waals surface area contributed by atoms with Crippen molar-refractivity contribution in [1.29, 1.82) is 0 Å². The Morgan fingerprint density at radius 3 is 2.53 bits per heavy atom. The lowest BCUT2D eigenvalue weighted by atomic mass is 10.1. The number of rotatable bonds is 4. The van der Waals surface area contributed by atoms with Gasteiger partial charge in [0, 0.05) is 12.1 Å². The van der Waals surface area contributed by atoms with Gasteiger partial charge in [-0.05, 0) is 30.5 Å². The third-order valence-corrected chi connectivity index (χ3v) is 2.43. The van der Waals surface area contributed by atoms with Gasteiger partial charge in [-0.15, -0.1) is 0 Å². The van der Waals surface area contributed by atoms with Gasteiger partial charge in [-0.2, -0.15) is 0 Å². The molecule has 0 unspecified atom stereocenters. The van der Waals surface area contributed by atoms with Crippen LogP contribution in [0.4, 0.5) is 5.69 Å². The molecule has 92 valence electrons. The van der Waals surface area contributed by atoms with Gasteiger partial charge in [0.1, 0.15) is 0 Å². The summed E-state index contributed by atoms with van der Waals surface area (Å²) in [5.74, 6) is -0.800. The summed E-state index contributed by atoms with van der Waals surface area (Å²) in [6.07, 6.45) is 0.427. The predicted octanol–water partition coefficient (Wildman–Crippen LogP) is 2.68. The highest BCUT2D eigenvalue weighted by Gasteiger charge is 2.12. The lowest BCUT2D eigenvalue weighted by molar-refractivity contribution is -0.116. The molecule has 1 rings (SSSR count). The number of amides is 1. The molecule has 1 aromatic carbocycles. The molecule has 0 fully saturated rings. The number of hydrogen-bond acceptors (Lipinski definition) is 2. The molecular weight excluding hydrogens is 218 g/mol. The highest BCUT2D eigenvalue weighted by molar-refractivity contribution is 5.96. The number of aromatic carboxylic acids is 1. The van der Waals surface area contributed by atoms with Crippen LogP contribution in [0, 0.1) is 12.8 Å². The molecular formula is C13H17NO3. The predicted molar refractivity (Wildman–Crippen MR) is 66.2 cm³/mol. The maximum absolute atomic E-state index is 11.6. The summed E-state index contributed by atoms with van der Waals surface area (Å²) >= 11 is 0. The Balaban J connectivity index is 2.89. The van der Waals surface area contributed by atoms with Gasteiger partial charge in [-0.25, -0.2) is 4.79 Å². The van der Waals surface area contributed by atoms with Crippen LogP contribution in [-0.4, -0.2) is 17.0 Å². The van der Waals surface area contributed by atoms with Crippen molar-refractivity contribution in [2.45, 2.75) is 27.2 Å². The van der Waals surface area contributed by atoms with Crippen LogP contribution in [0.25, 0.3) is 0 Å². The molecule has 17 heavy (non-hydrogen) atoms. The van der Waals surface area contributed by atoms with Crippen LogP contribution in [0.5, 0.6) is 0 Å². The summed E-state index contributed by atoms with van der Waals surface area (Å²) in [6, 6.07) is 4.86. The summed E-state index contributed by atoms with van der Waals surface area (Å²) in [4.78, 5) is 22.5. The molecule has 0 aromatic heterocycles. The molecule has 0 spiro atoms. The monoisotopic (exact) mass is 235 g/mol. The molecule has 0 radical (unpaired) electrons. The summed E-state index contributed by atoms with van der Waals surface area (Å²) in [5, 5.41) is 11.7. The molecule has 1 aromatic rings. The van der Waals surface area contributed by atoms with Gasteiger partial charge in [0.2, 0.25) is 5.91 Å². The minimum Gasteiger partial charge on any atom is -0.478 e. The Morgan fingerprint density at radius 2 is 2.00 bits per heavy atom. The Bertz CT molecular complexity index is 438. The number of carboxylic acid groups (broad SMARTS) is 1. The first kappa shape index (κ1) is 13.2. The fourth-order valence-corrected chi connectivity index (χ4v) is 1.57. The van der Waals surface area contributed by atoms with Gasteiger partial charge in [0.05, 0.1) is 5.56 Å². The zero-order valence-corrected chi connectivity index (χ0v) is 10.3. The average molecular weight is 235 g/mol. The van der Waals surface area contributed by atoms with Crippen molar-refractivity contribution in [3.8, 4) is 0 Å². The Kier molecular flexibility index (Phi) is 4.26. The van der Waals surface area contributed by atoms with Crippen LogP contribution >= 0.6 is 0 Å². The third-order valence-electron chi connectivity index (χ3n) is 2.43. The highest BCUT2D eigenvalue weighted by atomic mass is 16.4. The van der Waals surface area contributed by atoms with E-state index in [1.54, 1.807) is 19.1 Å². The molecule has 0 bridgehead atoms. The van der Waals surface area contributed by atoms with Crippen molar-refractivity contribution in [2.24, 2.45) is 5.92 Å². The molecule has 0 atom stereocenters. The minimum atomic E-state index is -0.984. The molecule has 0 saturated carbocycles. The number of nitrogens with one attached hydrogen (secondary N) is 1. The van der Waals surface area contributed by atoms with E-state index < -0.39 is 5.97 Å². The minimum absolute atomic E-state index is 0.0920. The van der Waals surface area contributed by atoms with E-state index in [0.29, 0.717) is 17.7 Å². The maximum Gasteiger partial charge on any atom is 0.336 e. The molecule has 4 nitrogen and oxygen atoms in total. The van der Waals surface area contributed by atoms with Gasteiger partial charge < -0.3 is 10.4 Å². The summed E-state index contributed by atoms with van der Waals surface area (Å²) < 4.78 is 0. The number of carbonyl (C=O) groups is 2. The van der Waals surface area contributed by atoms with E-state index >= 15 is 0 Å². The fourth-order valence-electron chi connectivity index (χ4n) is 1.57. The van der Waals surface area contributed by atoms with Crippen LogP contribution in [-0.2, 0) is 4.79 Å². The number of carboxylic acids is 1. The number of carbonyl (C=O) groups excluding carboxylic acids is 1. The van der Waals surface area contributed by atoms with Crippen LogP contribution in [0.2, 0.25) is 0 Å². The molecule has 0 heterocycles. The van der Waals surface area contributed by atoms with Gasteiger partial charge in [-0.1, -0.05) is 19.9 Å². The van der Waals surface area contributed by atoms with Crippen LogP contribution in [0.3, 0.4) is 0 Å². The Hall–Kier alpha value is -1.84. The van der Waals surface area contributed by atoms with E-state index in [2.05, 4.69) is 5.32 Å². The molecule has 0 aliphatic carbocycles. The molecule has 0 saturated heterocycles. The second-order valence-corrected chi connectivity index (χ2v) is 4.43.